The van der Waals surface area contributed by atoms with E-state index >= 15 is 0 Å². The minimum atomic E-state index is 0.880. The van der Waals surface area contributed by atoms with E-state index < -0.39 is 0 Å². The van der Waals surface area contributed by atoms with Crippen molar-refractivity contribution in [2.75, 3.05) is 0 Å². The zero-order chi connectivity index (χ0) is 16.8. The Hall–Kier alpha value is 0. The molecule has 0 amide bonds. The van der Waals surface area contributed by atoms with Gasteiger partial charge in [-0.25, -0.2) is 0 Å². The molecule has 0 heteroatoms. The maximum atomic E-state index is 2.47. The van der Waals surface area contributed by atoms with Gasteiger partial charge in [0.25, 0.3) is 0 Å². The third kappa shape index (κ3) is 5.50. The first-order chi connectivity index (χ1) is 11.0. The molecular formula is C23H44. The van der Waals surface area contributed by atoms with Gasteiger partial charge in [-0.15, -0.1) is 0 Å². The lowest BCUT2D eigenvalue weighted by atomic mass is 9.64. The largest absolute Gasteiger partial charge is 0.0651 e. The van der Waals surface area contributed by atoms with Gasteiger partial charge in [-0.3, -0.25) is 0 Å². The average Bonchev–Trinajstić information content (AvgIpc) is 2.56. The third-order valence-electron chi connectivity index (χ3n) is 7.56. The van der Waals surface area contributed by atoms with Crippen LogP contribution in [0.1, 0.15) is 105 Å². The highest BCUT2D eigenvalue weighted by Gasteiger charge is 2.34. The van der Waals surface area contributed by atoms with Crippen molar-refractivity contribution in [3.05, 3.63) is 0 Å². The summed E-state index contributed by atoms with van der Waals surface area (Å²) in [5.41, 5.74) is 0. The zero-order valence-corrected chi connectivity index (χ0v) is 16.8. The van der Waals surface area contributed by atoms with Gasteiger partial charge in [0.05, 0.1) is 0 Å². The normalized spacial score (nSPS) is 31.7. The van der Waals surface area contributed by atoms with Crippen LogP contribution in [0.15, 0.2) is 0 Å². The monoisotopic (exact) mass is 320 g/mol. The Labute approximate surface area is 147 Å². The molecule has 0 saturated heterocycles. The van der Waals surface area contributed by atoms with E-state index in [1.165, 1.54) is 70.6 Å². The minimum Gasteiger partial charge on any atom is -0.0651 e. The standard InChI is InChI=1S/C23H44/c1-6-20(21-10-8-7-9-11-21)14-12-19-13-15-22(17(2)3)23(16-19)18(4)5/h17-23H,6-16H2,1-5H3. The molecule has 23 heavy (non-hydrogen) atoms. The summed E-state index contributed by atoms with van der Waals surface area (Å²) in [7, 11) is 0. The Morgan fingerprint density at radius 3 is 2.00 bits per heavy atom. The fourth-order valence-corrected chi connectivity index (χ4v) is 6.00. The maximum absolute atomic E-state index is 2.47. The van der Waals surface area contributed by atoms with E-state index in [1.807, 2.05) is 0 Å². The molecule has 0 heterocycles. The lowest BCUT2D eigenvalue weighted by molar-refractivity contribution is 0.0899. The smallest absolute Gasteiger partial charge is 0.0358 e. The van der Waals surface area contributed by atoms with Crippen molar-refractivity contribution in [3.8, 4) is 0 Å². The second-order valence-corrected chi connectivity index (χ2v) is 9.64. The summed E-state index contributed by atoms with van der Waals surface area (Å²) >= 11 is 0. The van der Waals surface area contributed by atoms with E-state index in [0.717, 1.165) is 41.4 Å². The summed E-state index contributed by atoms with van der Waals surface area (Å²) < 4.78 is 0. The van der Waals surface area contributed by atoms with Crippen molar-refractivity contribution in [2.45, 2.75) is 105 Å². The van der Waals surface area contributed by atoms with E-state index in [2.05, 4.69) is 34.6 Å². The minimum absolute atomic E-state index is 0.880. The summed E-state index contributed by atoms with van der Waals surface area (Å²) in [6.45, 7) is 12.3. The summed E-state index contributed by atoms with van der Waals surface area (Å²) in [5.74, 6) is 6.89. The fraction of sp³-hybridized carbons (Fsp3) is 1.00. The van der Waals surface area contributed by atoms with E-state index in [-0.39, 0.29) is 0 Å². The Morgan fingerprint density at radius 2 is 1.43 bits per heavy atom. The molecule has 2 rings (SSSR count). The van der Waals surface area contributed by atoms with Crippen LogP contribution < -0.4 is 0 Å². The first-order valence-corrected chi connectivity index (χ1v) is 11.0. The first-order valence-electron chi connectivity index (χ1n) is 11.0. The van der Waals surface area contributed by atoms with Crippen LogP contribution in [0.25, 0.3) is 0 Å². The number of hydrogen-bond acceptors (Lipinski definition) is 0. The number of hydrogen-bond donors (Lipinski definition) is 0. The fourth-order valence-electron chi connectivity index (χ4n) is 6.00. The van der Waals surface area contributed by atoms with Crippen molar-refractivity contribution in [2.24, 2.45) is 41.4 Å². The van der Waals surface area contributed by atoms with Gasteiger partial charge in [0.1, 0.15) is 0 Å². The Kier molecular flexibility index (Phi) is 7.96. The molecule has 2 aliphatic rings. The summed E-state index contributed by atoms with van der Waals surface area (Å²) in [6.07, 6.45) is 16.6. The van der Waals surface area contributed by atoms with Gasteiger partial charge in [-0.1, -0.05) is 86.0 Å². The molecule has 0 N–H and O–H groups in total. The predicted molar refractivity (Wildman–Crippen MR) is 104 cm³/mol. The zero-order valence-electron chi connectivity index (χ0n) is 16.8. The van der Waals surface area contributed by atoms with Crippen molar-refractivity contribution < 1.29 is 0 Å². The van der Waals surface area contributed by atoms with Crippen molar-refractivity contribution in [1.82, 2.24) is 0 Å². The second-order valence-electron chi connectivity index (χ2n) is 9.64. The van der Waals surface area contributed by atoms with Crippen molar-refractivity contribution in [3.63, 3.8) is 0 Å². The van der Waals surface area contributed by atoms with Crippen LogP contribution in [0.2, 0.25) is 0 Å². The molecule has 2 fully saturated rings. The maximum Gasteiger partial charge on any atom is -0.0358 e. The second kappa shape index (κ2) is 9.47. The van der Waals surface area contributed by atoms with E-state index in [9.17, 15) is 0 Å². The summed E-state index contributed by atoms with van der Waals surface area (Å²) in [4.78, 5) is 0. The molecule has 0 aliphatic heterocycles. The molecule has 0 bridgehead atoms. The van der Waals surface area contributed by atoms with Gasteiger partial charge in [0, 0.05) is 0 Å². The lowest BCUT2D eigenvalue weighted by Crippen LogP contribution is -2.32. The molecule has 4 atom stereocenters. The Balaban J connectivity index is 1.82. The average molecular weight is 321 g/mol. The van der Waals surface area contributed by atoms with E-state index in [4.69, 9.17) is 0 Å². The molecule has 0 aromatic rings. The highest BCUT2D eigenvalue weighted by atomic mass is 14.4. The van der Waals surface area contributed by atoms with E-state index in [0.29, 0.717) is 0 Å². The van der Waals surface area contributed by atoms with Crippen LogP contribution in [0, 0.1) is 41.4 Å². The van der Waals surface area contributed by atoms with E-state index in [1.54, 1.807) is 0 Å². The molecule has 0 aromatic heterocycles. The van der Waals surface area contributed by atoms with Crippen LogP contribution in [0.4, 0.5) is 0 Å². The van der Waals surface area contributed by atoms with Gasteiger partial charge >= 0.3 is 0 Å². The molecule has 0 radical (unpaired) electrons. The highest BCUT2D eigenvalue weighted by Crippen LogP contribution is 2.44. The van der Waals surface area contributed by atoms with Crippen LogP contribution in [-0.2, 0) is 0 Å². The Morgan fingerprint density at radius 1 is 0.783 bits per heavy atom. The molecule has 4 unspecified atom stereocenters. The molecule has 136 valence electrons. The topological polar surface area (TPSA) is 0 Å². The van der Waals surface area contributed by atoms with Gasteiger partial charge < -0.3 is 0 Å². The molecule has 2 saturated carbocycles. The molecule has 2 aliphatic carbocycles. The van der Waals surface area contributed by atoms with Crippen LogP contribution in [-0.4, -0.2) is 0 Å². The SMILES string of the molecule is CCC(CCC1CCC(C(C)C)C(C(C)C)C1)C1CCCCC1. The molecular weight excluding hydrogens is 276 g/mol. The summed E-state index contributed by atoms with van der Waals surface area (Å²) in [6, 6.07) is 0. The van der Waals surface area contributed by atoms with Crippen molar-refractivity contribution in [1.29, 1.82) is 0 Å². The van der Waals surface area contributed by atoms with Gasteiger partial charge in [-0.2, -0.15) is 0 Å². The van der Waals surface area contributed by atoms with Gasteiger partial charge in [0.2, 0.25) is 0 Å². The molecule has 0 nitrogen and oxygen atoms in total. The lowest BCUT2D eigenvalue weighted by Gasteiger charge is -2.41. The first kappa shape index (κ1) is 19.3. The van der Waals surface area contributed by atoms with Gasteiger partial charge in [0.15, 0.2) is 0 Å². The van der Waals surface area contributed by atoms with Crippen molar-refractivity contribution >= 4 is 0 Å². The number of rotatable bonds is 7. The predicted octanol–water partition coefficient (Wildman–Crippen LogP) is 7.72. The highest BCUT2D eigenvalue weighted by molar-refractivity contribution is 4.84. The molecule has 0 aromatic carbocycles. The van der Waals surface area contributed by atoms with Crippen LogP contribution in [0.3, 0.4) is 0 Å². The van der Waals surface area contributed by atoms with Crippen LogP contribution in [0.5, 0.6) is 0 Å². The third-order valence-corrected chi connectivity index (χ3v) is 7.56. The Bertz CT molecular complexity index is 310. The van der Waals surface area contributed by atoms with Gasteiger partial charge in [-0.05, 0) is 60.7 Å². The quantitative estimate of drug-likeness (QED) is 0.450. The van der Waals surface area contributed by atoms with Crippen LogP contribution >= 0.6 is 0 Å². The molecule has 0 spiro atoms. The summed E-state index contributed by atoms with van der Waals surface area (Å²) in [5, 5.41) is 0.